The Labute approximate surface area is 141 Å². The van der Waals surface area contributed by atoms with Crippen LogP contribution in [0.1, 0.15) is 18.4 Å². The number of hydrogen-bond donors (Lipinski definition) is 2. The van der Waals surface area contributed by atoms with E-state index in [0.29, 0.717) is 26.2 Å². The van der Waals surface area contributed by atoms with Crippen LogP contribution in [-0.2, 0) is 16.0 Å². The zero-order valence-corrected chi connectivity index (χ0v) is 13.6. The van der Waals surface area contributed by atoms with Crippen molar-refractivity contribution < 1.29 is 14.5 Å². The molecule has 0 spiro atoms. The molecule has 1 aliphatic heterocycles. The van der Waals surface area contributed by atoms with Crippen LogP contribution in [0.3, 0.4) is 0 Å². The van der Waals surface area contributed by atoms with Crippen molar-refractivity contribution in [2.45, 2.75) is 25.3 Å². The molecule has 1 amide bonds. The van der Waals surface area contributed by atoms with E-state index in [4.69, 9.17) is 10.5 Å². The molecule has 0 aliphatic carbocycles. The average Bonchev–Trinajstić information content (AvgIpc) is 2.55. The van der Waals surface area contributed by atoms with Crippen LogP contribution in [0.5, 0.6) is 0 Å². The normalized spacial score (nSPS) is 16.2. The van der Waals surface area contributed by atoms with E-state index >= 15 is 0 Å². The number of nitrogens with one attached hydrogen (secondary N) is 1. The highest BCUT2D eigenvalue weighted by atomic mass is 35.5. The first-order valence-electron chi connectivity index (χ1n) is 7.42. The molecule has 2 rings (SSSR count). The Kier molecular flexibility index (Phi) is 7.94. The van der Waals surface area contributed by atoms with E-state index < -0.39 is 11.0 Å². The van der Waals surface area contributed by atoms with Crippen LogP contribution in [0.15, 0.2) is 24.3 Å². The van der Waals surface area contributed by atoms with Crippen molar-refractivity contribution in [3.8, 4) is 0 Å². The van der Waals surface area contributed by atoms with Gasteiger partial charge >= 0.3 is 0 Å². The van der Waals surface area contributed by atoms with Gasteiger partial charge in [0.05, 0.1) is 11.0 Å². The number of halogens is 1. The number of ether oxygens (including phenoxy) is 1. The second-order valence-corrected chi connectivity index (χ2v) is 5.44. The average molecular weight is 344 g/mol. The van der Waals surface area contributed by atoms with Crippen LogP contribution in [0.25, 0.3) is 0 Å². The number of carbonyl (C=O) groups excluding carboxylic acids is 1. The van der Waals surface area contributed by atoms with Gasteiger partial charge in [-0.1, -0.05) is 12.1 Å². The first kappa shape index (κ1) is 19.3. The number of amides is 1. The third-order valence-electron chi connectivity index (χ3n) is 3.94. The van der Waals surface area contributed by atoms with Crippen LogP contribution in [-0.4, -0.2) is 36.6 Å². The molecule has 7 nitrogen and oxygen atoms in total. The molecule has 1 heterocycles. The highest BCUT2D eigenvalue weighted by molar-refractivity contribution is 5.85. The maximum Gasteiger partial charge on any atom is 0.269 e. The first-order chi connectivity index (χ1) is 10.6. The molecule has 1 unspecified atom stereocenters. The fourth-order valence-corrected chi connectivity index (χ4v) is 2.52. The summed E-state index contributed by atoms with van der Waals surface area (Å²) in [6, 6.07) is 5.82. The van der Waals surface area contributed by atoms with Gasteiger partial charge in [0.15, 0.2) is 0 Å². The number of benzene rings is 1. The van der Waals surface area contributed by atoms with Gasteiger partial charge in [0.25, 0.3) is 5.69 Å². The Morgan fingerprint density at radius 3 is 2.52 bits per heavy atom. The standard InChI is InChI=1S/C15H21N3O4.ClH/c16-14(12-6-9-22-10-7-12)15(19)17-8-5-11-1-3-13(4-2-11)18(20)21;/h1-4,12,14H,5-10,16H2,(H,17,19);1H. The van der Waals surface area contributed by atoms with Gasteiger partial charge in [-0.05, 0) is 30.7 Å². The van der Waals surface area contributed by atoms with Crippen molar-refractivity contribution in [1.29, 1.82) is 0 Å². The minimum absolute atomic E-state index is 0. The highest BCUT2D eigenvalue weighted by Gasteiger charge is 2.26. The summed E-state index contributed by atoms with van der Waals surface area (Å²) in [4.78, 5) is 22.1. The number of nitrogens with zero attached hydrogens (tertiary/aromatic N) is 1. The Morgan fingerprint density at radius 2 is 1.96 bits per heavy atom. The van der Waals surface area contributed by atoms with Crippen molar-refractivity contribution in [2.24, 2.45) is 11.7 Å². The van der Waals surface area contributed by atoms with Crippen LogP contribution in [0.4, 0.5) is 5.69 Å². The summed E-state index contributed by atoms with van der Waals surface area (Å²) in [6.45, 7) is 1.79. The van der Waals surface area contributed by atoms with Crippen LogP contribution in [0, 0.1) is 16.0 Å². The quantitative estimate of drug-likeness (QED) is 0.600. The molecule has 23 heavy (non-hydrogen) atoms. The molecule has 1 saturated heterocycles. The fraction of sp³-hybridized carbons (Fsp3) is 0.533. The fourth-order valence-electron chi connectivity index (χ4n) is 2.52. The summed E-state index contributed by atoms with van der Waals surface area (Å²) in [5, 5.41) is 13.4. The molecule has 1 aromatic carbocycles. The van der Waals surface area contributed by atoms with Gasteiger partial charge in [-0.3, -0.25) is 14.9 Å². The molecule has 1 fully saturated rings. The number of nitro groups is 1. The molecule has 128 valence electrons. The van der Waals surface area contributed by atoms with Crippen molar-refractivity contribution in [2.75, 3.05) is 19.8 Å². The summed E-state index contributed by atoms with van der Waals surface area (Å²) in [7, 11) is 0. The topological polar surface area (TPSA) is 107 Å². The molecule has 0 bridgehead atoms. The third kappa shape index (κ3) is 5.78. The summed E-state index contributed by atoms with van der Waals surface area (Å²) in [5.74, 6) is 0.0296. The number of non-ortho nitro benzene ring substituents is 1. The van der Waals surface area contributed by atoms with E-state index in [1.54, 1.807) is 12.1 Å². The molecular formula is C15H22ClN3O4. The molecule has 0 radical (unpaired) electrons. The number of hydrogen-bond acceptors (Lipinski definition) is 5. The Bertz CT molecular complexity index is 518. The van der Waals surface area contributed by atoms with Gasteiger partial charge in [-0.25, -0.2) is 0 Å². The van der Waals surface area contributed by atoms with Crippen molar-refractivity contribution in [3.05, 3.63) is 39.9 Å². The number of nitrogens with two attached hydrogens (primary N) is 1. The van der Waals surface area contributed by atoms with Crippen LogP contribution < -0.4 is 11.1 Å². The lowest BCUT2D eigenvalue weighted by Crippen LogP contribution is -2.47. The predicted octanol–water partition coefficient (Wildman–Crippen LogP) is 1.43. The molecule has 1 aromatic rings. The van der Waals surface area contributed by atoms with E-state index in [9.17, 15) is 14.9 Å². The lowest BCUT2D eigenvalue weighted by Gasteiger charge is -2.26. The number of nitro benzene ring substituents is 1. The van der Waals surface area contributed by atoms with Crippen molar-refractivity contribution in [1.82, 2.24) is 5.32 Å². The van der Waals surface area contributed by atoms with Gasteiger partial charge in [0.2, 0.25) is 5.91 Å². The van der Waals surface area contributed by atoms with E-state index in [1.165, 1.54) is 12.1 Å². The number of carbonyl (C=O) groups is 1. The minimum Gasteiger partial charge on any atom is -0.381 e. The second kappa shape index (κ2) is 9.44. The van der Waals surface area contributed by atoms with Gasteiger partial charge in [0.1, 0.15) is 0 Å². The second-order valence-electron chi connectivity index (χ2n) is 5.44. The van der Waals surface area contributed by atoms with Crippen LogP contribution >= 0.6 is 12.4 Å². The Balaban J connectivity index is 0.00000264. The SMILES string of the molecule is Cl.NC(C(=O)NCCc1ccc([N+](=O)[O-])cc1)C1CCOCC1. The van der Waals surface area contributed by atoms with E-state index in [-0.39, 0.29) is 29.9 Å². The van der Waals surface area contributed by atoms with Crippen molar-refractivity contribution in [3.63, 3.8) is 0 Å². The summed E-state index contributed by atoms with van der Waals surface area (Å²) in [5.41, 5.74) is 6.98. The van der Waals surface area contributed by atoms with Gasteiger partial charge in [-0.15, -0.1) is 12.4 Å². The largest absolute Gasteiger partial charge is 0.381 e. The van der Waals surface area contributed by atoms with Gasteiger partial charge < -0.3 is 15.8 Å². The van der Waals surface area contributed by atoms with E-state index in [1.807, 2.05) is 0 Å². The van der Waals surface area contributed by atoms with Crippen molar-refractivity contribution >= 4 is 24.0 Å². The predicted molar refractivity (Wildman–Crippen MR) is 88.6 cm³/mol. The minimum atomic E-state index is -0.499. The summed E-state index contributed by atoms with van der Waals surface area (Å²) in [6.07, 6.45) is 2.25. The lowest BCUT2D eigenvalue weighted by molar-refractivity contribution is -0.384. The maximum atomic E-state index is 12.0. The molecule has 3 N–H and O–H groups in total. The third-order valence-corrected chi connectivity index (χ3v) is 3.94. The molecule has 0 saturated carbocycles. The Morgan fingerprint density at radius 1 is 1.35 bits per heavy atom. The first-order valence-corrected chi connectivity index (χ1v) is 7.42. The highest BCUT2D eigenvalue weighted by Crippen LogP contribution is 2.17. The van der Waals surface area contributed by atoms with Crippen LogP contribution in [0.2, 0.25) is 0 Å². The Hall–Kier alpha value is -1.70. The van der Waals surface area contributed by atoms with E-state index in [0.717, 1.165) is 18.4 Å². The molecule has 1 aliphatic rings. The molecule has 8 heteroatoms. The molecular weight excluding hydrogens is 322 g/mol. The molecule has 1 atom stereocenters. The van der Waals surface area contributed by atoms with E-state index in [2.05, 4.69) is 5.32 Å². The van der Waals surface area contributed by atoms with Gasteiger partial charge in [0, 0.05) is 31.9 Å². The maximum absolute atomic E-state index is 12.0. The smallest absolute Gasteiger partial charge is 0.269 e. The summed E-state index contributed by atoms with van der Waals surface area (Å²) >= 11 is 0. The zero-order valence-electron chi connectivity index (χ0n) is 12.8. The number of rotatable bonds is 6. The van der Waals surface area contributed by atoms with Gasteiger partial charge in [-0.2, -0.15) is 0 Å². The molecule has 0 aromatic heterocycles. The zero-order chi connectivity index (χ0) is 15.9. The summed E-state index contributed by atoms with van der Waals surface area (Å²) < 4.78 is 5.26. The monoisotopic (exact) mass is 343 g/mol. The lowest BCUT2D eigenvalue weighted by atomic mass is 9.92.